The molecule has 24 heavy (non-hydrogen) atoms. The fraction of sp³-hybridized carbons (Fsp3) is 0.238. The van der Waals surface area contributed by atoms with Crippen LogP contribution in [0, 0.1) is 0 Å². The lowest BCUT2D eigenvalue weighted by atomic mass is 10.0. The Morgan fingerprint density at radius 1 is 1.04 bits per heavy atom. The number of pyridine rings is 1. The third-order valence-electron chi connectivity index (χ3n) is 4.21. The van der Waals surface area contributed by atoms with Crippen molar-refractivity contribution in [2.24, 2.45) is 0 Å². The molecule has 0 aliphatic carbocycles. The zero-order valence-electron chi connectivity index (χ0n) is 14.2. The first-order valence-electron chi connectivity index (χ1n) is 8.41. The molecule has 0 spiro atoms. The first-order chi connectivity index (χ1) is 11.7. The molecular weight excluding hydrogens is 296 g/mol. The molecule has 3 heteroatoms. The molecule has 0 aliphatic heterocycles. The van der Waals surface area contributed by atoms with Crippen LogP contribution in [0.15, 0.2) is 60.7 Å². The van der Waals surface area contributed by atoms with E-state index in [1.165, 1.54) is 0 Å². The molecular formula is C21H22N2O. The van der Waals surface area contributed by atoms with Gasteiger partial charge in [-0.15, -0.1) is 0 Å². The number of unbranched alkanes of at least 4 members (excludes halogenated alkanes) is 1. The second-order valence-corrected chi connectivity index (χ2v) is 6.02. The predicted molar refractivity (Wildman–Crippen MR) is 99.0 cm³/mol. The van der Waals surface area contributed by atoms with Crippen LogP contribution in [0.3, 0.4) is 0 Å². The monoisotopic (exact) mass is 318 g/mol. The summed E-state index contributed by atoms with van der Waals surface area (Å²) in [5.74, 6) is 0.0548. The van der Waals surface area contributed by atoms with E-state index < -0.39 is 0 Å². The minimum absolute atomic E-state index is 0.0548. The van der Waals surface area contributed by atoms with Crippen LogP contribution in [0.4, 0.5) is 0 Å². The lowest BCUT2D eigenvalue weighted by molar-refractivity contribution is 0.0795. The Morgan fingerprint density at radius 2 is 1.75 bits per heavy atom. The van der Waals surface area contributed by atoms with Gasteiger partial charge in [0.25, 0.3) is 5.91 Å². The summed E-state index contributed by atoms with van der Waals surface area (Å²) in [6, 6.07) is 19.8. The number of benzene rings is 2. The fourth-order valence-electron chi connectivity index (χ4n) is 2.81. The Bertz CT molecular complexity index is 843. The second kappa shape index (κ2) is 7.26. The summed E-state index contributed by atoms with van der Waals surface area (Å²) in [4.78, 5) is 19.5. The number of hydrogen-bond donors (Lipinski definition) is 0. The van der Waals surface area contributed by atoms with Crippen molar-refractivity contribution in [1.29, 1.82) is 0 Å². The average molecular weight is 318 g/mol. The topological polar surface area (TPSA) is 33.2 Å². The third kappa shape index (κ3) is 3.30. The maximum absolute atomic E-state index is 12.9. The number of carbonyl (C=O) groups is 1. The molecule has 0 N–H and O–H groups in total. The Morgan fingerprint density at radius 3 is 2.50 bits per heavy atom. The molecule has 3 rings (SSSR count). The van der Waals surface area contributed by atoms with Crippen molar-refractivity contribution in [2.45, 2.75) is 19.8 Å². The van der Waals surface area contributed by atoms with E-state index in [0.717, 1.165) is 47.1 Å². The number of para-hydroxylation sites is 1. The van der Waals surface area contributed by atoms with E-state index in [0.29, 0.717) is 0 Å². The summed E-state index contributed by atoms with van der Waals surface area (Å²) >= 11 is 0. The highest BCUT2D eigenvalue weighted by molar-refractivity contribution is 6.07. The van der Waals surface area contributed by atoms with Gasteiger partial charge < -0.3 is 4.90 Å². The van der Waals surface area contributed by atoms with Gasteiger partial charge in [-0.2, -0.15) is 0 Å². The van der Waals surface area contributed by atoms with E-state index in [1.807, 2.05) is 67.7 Å². The van der Waals surface area contributed by atoms with E-state index >= 15 is 0 Å². The molecule has 122 valence electrons. The summed E-state index contributed by atoms with van der Waals surface area (Å²) in [5.41, 5.74) is 3.43. The first kappa shape index (κ1) is 16.2. The van der Waals surface area contributed by atoms with Crippen LogP contribution in [0.1, 0.15) is 30.1 Å². The van der Waals surface area contributed by atoms with Gasteiger partial charge in [0.05, 0.1) is 16.8 Å². The summed E-state index contributed by atoms with van der Waals surface area (Å²) < 4.78 is 0. The summed E-state index contributed by atoms with van der Waals surface area (Å²) in [7, 11) is 1.87. The Balaban J connectivity index is 2.10. The summed E-state index contributed by atoms with van der Waals surface area (Å²) in [5, 5.41) is 0.908. The Hall–Kier alpha value is -2.68. The van der Waals surface area contributed by atoms with Crippen molar-refractivity contribution in [3.8, 4) is 11.3 Å². The second-order valence-electron chi connectivity index (χ2n) is 6.02. The molecule has 0 fully saturated rings. The molecule has 0 unspecified atom stereocenters. The van der Waals surface area contributed by atoms with Gasteiger partial charge in [0.2, 0.25) is 0 Å². The fourth-order valence-corrected chi connectivity index (χ4v) is 2.81. The van der Waals surface area contributed by atoms with Crippen molar-refractivity contribution in [1.82, 2.24) is 9.88 Å². The lowest BCUT2D eigenvalue weighted by Gasteiger charge is -2.18. The highest BCUT2D eigenvalue weighted by Crippen LogP contribution is 2.25. The van der Waals surface area contributed by atoms with E-state index in [9.17, 15) is 4.79 Å². The standard InChI is InChI=1S/C21H22N2O/c1-3-4-14-23(2)21(24)18-15-20(16-10-6-5-7-11-16)22-19-13-9-8-12-17(18)19/h5-13,15H,3-4,14H2,1-2H3. The molecule has 0 aliphatic rings. The Labute approximate surface area is 143 Å². The van der Waals surface area contributed by atoms with E-state index in [1.54, 1.807) is 4.90 Å². The van der Waals surface area contributed by atoms with Crippen LogP contribution in [0.2, 0.25) is 0 Å². The zero-order valence-corrected chi connectivity index (χ0v) is 14.2. The van der Waals surface area contributed by atoms with Gasteiger partial charge in [-0.25, -0.2) is 4.98 Å². The van der Waals surface area contributed by atoms with E-state index in [4.69, 9.17) is 4.98 Å². The largest absolute Gasteiger partial charge is 0.342 e. The smallest absolute Gasteiger partial charge is 0.254 e. The number of carbonyl (C=O) groups excluding carboxylic acids is 1. The number of aromatic nitrogens is 1. The molecule has 3 aromatic rings. The zero-order chi connectivity index (χ0) is 16.9. The third-order valence-corrected chi connectivity index (χ3v) is 4.21. The van der Waals surface area contributed by atoms with Crippen LogP contribution in [-0.2, 0) is 0 Å². The van der Waals surface area contributed by atoms with Gasteiger partial charge >= 0.3 is 0 Å². The summed E-state index contributed by atoms with van der Waals surface area (Å²) in [6.07, 6.45) is 2.08. The SMILES string of the molecule is CCCCN(C)C(=O)c1cc(-c2ccccc2)nc2ccccc12. The van der Waals surface area contributed by atoms with Gasteiger partial charge in [0, 0.05) is 24.5 Å². The van der Waals surface area contributed by atoms with Crippen molar-refractivity contribution < 1.29 is 4.79 Å². The number of rotatable bonds is 5. The van der Waals surface area contributed by atoms with Crippen LogP contribution < -0.4 is 0 Å². The van der Waals surface area contributed by atoms with E-state index in [2.05, 4.69) is 6.92 Å². The number of fused-ring (bicyclic) bond motifs is 1. The summed E-state index contributed by atoms with van der Waals surface area (Å²) in [6.45, 7) is 2.90. The molecule has 1 amide bonds. The quantitative estimate of drug-likeness (QED) is 0.678. The van der Waals surface area contributed by atoms with Gasteiger partial charge in [-0.1, -0.05) is 61.9 Å². The number of amides is 1. The van der Waals surface area contributed by atoms with Crippen molar-refractivity contribution in [3.63, 3.8) is 0 Å². The molecule has 0 atom stereocenters. The highest BCUT2D eigenvalue weighted by atomic mass is 16.2. The van der Waals surface area contributed by atoms with Gasteiger partial charge in [-0.05, 0) is 18.6 Å². The molecule has 0 saturated heterocycles. The molecule has 3 nitrogen and oxygen atoms in total. The predicted octanol–water partition coefficient (Wildman–Crippen LogP) is 4.77. The van der Waals surface area contributed by atoms with Crippen molar-refractivity contribution >= 4 is 16.8 Å². The minimum atomic E-state index is 0.0548. The van der Waals surface area contributed by atoms with Crippen LogP contribution in [0.25, 0.3) is 22.2 Å². The van der Waals surface area contributed by atoms with Gasteiger partial charge in [0.1, 0.15) is 0 Å². The van der Waals surface area contributed by atoms with Crippen LogP contribution in [0.5, 0.6) is 0 Å². The molecule has 0 saturated carbocycles. The van der Waals surface area contributed by atoms with Crippen molar-refractivity contribution in [3.05, 3.63) is 66.2 Å². The molecule has 0 bridgehead atoms. The molecule has 0 radical (unpaired) electrons. The Kier molecular flexibility index (Phi) is 4.90. The molecule has 1 aromatic heterocycles. The normalized spacial score (nSPS) is 10.8. The number of hydrogen-bond acceptors (Lipinski definition) is 2. The molecule has 1 heterocycles. The highest BCUT2D eigenvalue weighted by Gasteiger charge is 2.17. The molecule has 2 aromatic carbocycles. The van der Waals surface area contributed by atoms with Crippen molar-refractivity contribution in [2.75, 3.05) is 13.6 Å². The van der Waals surface area contributed by atoms with Crippen LogP contribution >= 0.6 is 0 Å². The lowest BCUT2D eigenvalue weighted by Crippen LogP contribution is -2.28. The van der Waals surface area contributed by atoms with Gasteiger partial charge in [0.15, 0.2) is 0 Å². The van der Waals surface area contributed by atoms with E-state index in [-0.39, 0.29) is 5.91 Å². The minimum Gasteiger partial charge on any atom is -0.342 e. The average Bonchev–Trinajstić information content (AvgIpc) is 2.65. The van der Waals surface area contributed by atoms with Gasteiger partial charge in [-0.3, -0.25) is 4.79 Å². The van der Waals surface area contributed by atoms with Crippen LogP contribution in [-0.4, -0.2) is 29.4 Å². The maximum Gasteiger partial charge on any atom is 0.254 e. The first-order valence-corrected chi connectivity index (χ1v) is 8.41. The number of nitrogens with zero attached hydrogens (tertiary/aromatic N) is 2. The maximum atomic E-state index is 12.9.